The van der Waals surface area contributed by atoms with Gasteiger partial charge >= 0.3 is 0 Å². The van der Waals surface area contributed by atoms with Gasteiger partial charge in [-0.15, -0.1) is 6.58 Å². The highest BCUT2D eigenvalue weighted by Gasteiger charge is 2.54. The van der Waals surface area contributed by atoms with Crippen LogP contribution in [0.1, 0.15) is 41.5 Å². The second-order valence-corrected chi connectivity index (χ2v) is 6.32. The lowest BCUT2D eigenvalue weighted by Crippen LogP contribution is -2.45. The third-order valence-corrected chi connectivity index (χ3v) is 5.47. The van der Waals surface area contributed by atoms with E-state index in [9.17, 15) is 0 Å². The molecule has 2 aliphatic carbocycles. The highest BCUT2D eigenvalue weighted by molar-refractivity contribution is 5.63. The van der Waals surface area contributed by atoms with E-state index in [1.165, 1.54) is 28.7 Å². The molecule has 0 aromatic heterocycles. The molecule has 0 radical (unpaired) electrons. The molecule has 0 saturated heterocycles. The van der Waals surface area contributed by atoms with Gasteiger partial charge < -0.3 is 5.32 Å². The van der Waals surface area contributed by atoms with Gasteiger partial charge in [0.15, 0.2) is 0 Å². The normalized spacial score (nSPS) is 26.2. The number of benzene rings is 2. The Kier molecular flexibility index (Phi) is 2.80. The minimum atomic E-state index is 0.126. The van der Waals surface area contributed by atoms with E-state index >= 15 is 0 Å². The molecular weight excluding hydrogens is 254 g/mol. The molecule has 106 valence electrons. The smallest absolute Gasteiger partial charge is 0.0368 e. The van der Waals surface area contributed by atoms with Crippen molar-refractivity contribution in [2.45, 2.75) is 30.7 Å². The fourth-order valence-electron chi connectivity index (χ4n) is 4.57. The highest BCUT2D eigenvalue weighted by Crippen LogP contribution is 2.61. The van der Waals surface area contributed by atoms with Crippen molar-refractivity contribution in [3.05, 3.63) is 83.4 Å². The summed E-state index contributed by atoms with van der Waals surface area (Å²) in [5, 5.41) is 3.66. The number of hydrogen-bond acceptors (Lipinski definition) is 1. The molecule has 1 N–H and O–H groups in total. The molecule has 2 bridgehead atoms. The van der Waals surface area contributed by atoms with Crippen LogP contribution in [0.2, 0.25) is 0 Å². The van der Waals surface area contributed by atoms with Crippen molar-refractivity contribution in [3.8, 4) is 0 Å². The lowest BCUT2D eigenvalue weighted by Gasteiger charge is -2.37. The van der Waals surface area contributed by atoms with Crippen LogP contribution in [0.15, 0.2) is 61.2 Å². The minimum Gasteiger partial charge on any atom is -0.310 e. The Bertz CT molecular complexity index is 653. The number of nitrogens with one attached hydrogen (secondary N) is 1. The van der Waals surface area contributed by atoms with Gasteiger partial charge in [0.05, 0.1) is 0 Å². The average molecular weight is 275 g/mol. The second kappa shape index (κ2) is 4.57. The lowest BCUT2D eigenvalue weighted by atomic mass is 9.70. The molecule has 0 aliphatic heterocycles. The maximum Gasteiger partial charge on any atom is 0.0368 e. The number of hydrogen-bond donors (Lipinski definition) is 1. The molecule has 0 saturated carbocycles. The summed E-state index contributed by atoms with van der Waals surface area (Å²) >= 11 is 0. The first-order valence-electron chi connectivity index (χ1n) is 7.82. The van der Waals surface area contributed by atoms with E-state index in [2.05, 4.69) is 67.4 Å². The van der Waals surface area contributed by atoms with Crippen LogP contribution in [-0.4, -0.2) is 12.6 Å². The SMILES string of the molecule is C=CCNC(C)C12CC(c3ccccc31)c1ccccc12. The van der Waals surface area contributed by atoms with E-state index < -0.39 is 0 Å². The monoisotopic (exact) mass is 275 g/mol. The van der Waals surface area contributed by atoms with Crippen molar-refractivity contribution in [1.29, 1.82) is 0 Å². The molecule has 0 heterocycles. The Labute approximate surface area is 126 Å². The van der Waals surface area contributed by atoms with E-state index in [4.69, 9.17) is 0 Å². The molecule has 2 aromatic carbocycles. The summed E-state index contributed by atoms with van der Waals surface area (Å²) in [7, 11) is 0. The molecule has 0 amide bonds. The standard InChI is InChI=1S/C20H21N/c1-3-12-21-14(2)20-13-17(15-8-4-6-10-18(15)20)16-9-5-7-11-19(16)20/h3-11,14,17,21H,1,12-13H2,2H3. The Morgan fingerprint density at radius 1 is 1.14 bits per heavy atom. The molecule has 1 atom stereocenters. The predicted molar refractivity (Wildman–Crippen MR) is 87.8 cm³/mol. The van der Waals surface area contributed by atoms with Crippen LogP contribution in [-0.2, 0) is 5.41 Å². The number of rotatable bonds is 4. The molecule has 0 spiro atoms. The number of fused-ring (bicyclic) bond motifs is 8. The zero-order valence-corrected chi connectivity index (χ0v) is 12.5. The molecule has 1 heteroatoms. The molecular formula is C20H21N. The zero-order chi connectivity index (χ0) is 14.4. The van der Waals surface area contributed by atoms with Crippen LogP contribution in [0.25, 0.3) is 0 Å². The van der Waals surface area contributed by atoms with Crippen LogP contribution in [0.3, 0.4) is 0 Å². The summed E-state index contributed by atoms with van der Waals surface area (Å²) in [6.45, 7) is 7.03. The molecule has 2 aromatic rings. The van der Waals surface area contributed by atoms with Gasteiger partial charge in [-0.1, -0.05) is 54.6 Å². The first-order valence-corrected chi connectivity index (χ1v) is 7.82. The Balaban J connectivity index is 1.91. The summed E-state index contributed by atoms with van der Waals surface area (Å²) < 4.78 is 0. The van der Waals surface area contributed by atoms with Crippen LogP contribution >= 0.6 is 0 Å². The topological polar surface area (TPSA) is 12.0 Å². The molecule has 1 nitrogen and oxygen atoms in total. The van der Waals surface area contributed by atoms with Crippen molar-refractivity contribution >= 4 is 0 Å². The molecule has 0 fully saturated rings. The summed E-state index contributed by atoms with van der Waals surface area (Å²) in [5.41, 5.74) is 6.24. The first-order chi connectivity index (χ1) is 10.3. The molecule has 4 rings (SSSR count). The maximum atomic E-state index is 3.84. The fourth-order valence-corrected chi connectivity index (χ4v) is 4.57. The summed E-state index contributed by atoms with van der Waals surface area (Å²) in [6.07, 6.45) is 3.16. The van der Waals surface area contributed by atoms with E-state index in [-0.39, 0.29) is 5.41 Å². The quantitative estimate of drug-likeness (QED) is 0.832. The van der Waals surface area contributed by atoms with Gasteiger partial charge in [0.1, 0.15) is 0 Å². The minimum absolute atomic E-state index is 0.126. The van der Waals surface area contributed by atoms with Gasteiger partial charge in [0.25, 0.3) is 0 Å². The lowest BCUT2D eigenvalue weighted by molar-refractivity contribution is 0.382. The van der Waals surface area contributed by atoms with Gasteiger partial charge in [-0.25, -0.2) is 0 Å². The predicted octanol–water partition coefficient (Wildman–Crippen LogP) is 3.99. The summed E-state index contributed by atoms with van der Waals surface area (Å²) in [5.74, 6) is 0.574. The zero-order valence-electron chi connectivity index (χ0n) is 12.5. The van der Waals surface area contributed by atoms with Crippen LogP contribution in [0.4, 0.5) is 0 Å². The Morgan fingerprint density at radius 2 is 1.71 bits per heavy atom. The van der Waals surface area contributed by atoms with Crippen LogP contribution in [0, 0.1) is 0 Å². The third-order valence-electron chi connectivity index (χ3n) is 5.47. The van der Waals surface area contributed by atoms with Crippen molar-refractivity contribution in [3.63, 3.8) is 0 Å². The van der Waals surface area contributed by atoms with Gasteiger partial charge in [-0.3, -0.25) is 0 Å². The van der Waals surface area contributed by atoms with Crippen LogP contribution < -0.4 is 5.32 Å². The largest absolute Gasteiger partial charge is 0.310 e. The summed E-state index contributed by atoms with van der Waals surface area (Å²) in [6, 6.07) is 18.4. The van der Waals surface area contributed by atoms with E-state index in [1.54, 1.807) is 0 Å². The maximum absolute atomic E-state index is 3.84. The van der Waals surface area contributed by atoms with Gasteiger partial charge in [0, 0.05) is 23.9 Å². The van der Waals surface area contributed by atoms with Crippen molar-refractivity contribution < 1.29 is 0 Å². The van der Waals surface area contributed by atoms with Crippen LogP contribution in [0.5, 0.6) is 0 Å². The Hall–Kier alpha value is -1.86. The average Bonchev–Trinajstić information content (AvgIpc) is 3.06. The second-order valence-electron chi connectivity index (χ2n) is 6.32. The van der Waals surface area contributed by atoms with E-state index in [1.807, 2.05) is 6.08 Å². The van der Waals surface area contributed by atoms with Crippen molar-refractivity contribution in [1.82, 2.24) is 5.32 Å². The van der Waals surface area contributed by atoms with E-state index in [0.29, 0.717) is 12.0 Å². The summed E-state index contributed by atoms with van der Waals surface area (Å²) in [4.78, 5) is 0. The van der Waals surface area contributed by atoms with Gasteiger partial charge in [0.2, 0.25) is 0 Å². The van der Waals surface area contributed by atoms with Crippen molar-refractivity contribution in [2.24, 2.45) is 0 Å². The van der Waals surface area contributed by atoms with Gasteiger partial charge in [-0.2, -0.15) is 0 Å². The van der Waals surface area contributed by atoms with Gasteiger partial charge in [-0.05, 0) is 35.6 Å². The molecule has 21 heavy (non-hydrogen) atoms. The first kappa shape index (κ1) is 12.8. The Morgan fingerprint density at radius 3 is 2.29 bits per heavy atom. The van der Waals surface area contributed by atoms with Crippen molar-refractivity contribution in [2.75, 3.05) is 6.54 Å². The highest BCUT2D eigenvalue weighted by atomic mass is 14.9. The molecule has 1 unspecified atom stereocenters. The third kappa shape index (κ3) is 1.55. The molecule has 2 aliphatic rings. The fraction of sp³-hybridized carbons (Fsp3) is 0.300. The van der Waals surface area contributed by atoms with E-state index in [0.717, 1.165) is 6.54 Å².